The lowest BCUT2D eigenvalue weighted by Crippen LogP contribution is -2.22. The van der Waals surface area contributed by atoms with Crippen LogP contribution in [-0.2, 0) is 11.1 Å². The highest BCUT2D eigenvalue weighted by Crippen LogP contribution is 2.07. The second kappa shape index (κ2) is 1.98. The van der Waals surface area contributed by atoms with Crippen molar-refractivity contribution < 1.29 is 0 Å². The minimum Gasteiger partial charge on any atom is -0.271 e. The number of nitrogens with zero attached hydrogens (tertiary/aromatic N) is 1. The first-order chi connectivity index (χ1) is 3.30. The third-order valence-corrected chi connectivity index (χ3v) is 2.79. The van der Waals surface area contributed by atoms with E-state index in [4.69, 9.17) is 0 Å². The Labute approximate surface area is 51.6 Å². The van der Waals surface area contributed by atoms with Gasteiger partial charge in [0.15, 0.2) is 5.41 Å². The minimum absolute atomic E-state index is 0.188. The highest BCUT2D eigenvalue weighted by molar-refractivity contribution is 8.05. The third-order valence-electron chi connectivity index (χ3n) is 0.723. The Bertz CT molecular complexity index is 92.9. The van der Waals surface area contributed by atoms with Crippen molar-refractivity contribution in [2.45, 2.75) is 0 Å². The highest BCUT2D eigenvalue weighted by atomic mass is 32.2. The van der Waals surface area contributed by atoms with Gasteiger partial charge in [-0.1, -0.05) is 0 Å². The molecule has 0 aliphatic carbocycles. The van der Waals surface area contributed by atoms with Crippen LogP contribution in [0.5, 0.6) is 0 Å². The minimum atomic E-state index is 0.188. The second-order valence-corrected chi connectivity index (χ2v) is 3.58. The van der Waals surface area contributed by atoms with Crippen LogP contribution in [0.1, 0.15) is 0 Å². The molecule has 0 aromatic rings. The Morgan fingerprint density at radius 1 is 1.86 bits per heavy atom. The Kier molecular flexibility index (Phi) is 1.51. The maximum atomic E-state index is 4.06. The summed E-state index contributed by atoms with van der Waals surface area (Å²) in [5.41, 5.74) is 2.90. The smallest absolute Gasteiger partial charge is 0.160 e. The molecule has 40 valence electrons. The molecule has 1 aliphatic rings. The summed E-state index contributed by atoms with van der Waals surface area (Å²) in [5.74, 6) is 0. The van der Waals surface area contributed by atoms with E-state index >= 15 is 0 Å². The van der Waals surface area contributed by atoms with Crippen molar-refractivity contribution in [2.75, 3.05) is 6.26 Å². The molecule has 0 saturated heterocycles. The van der Waals surface area contributed by atoms with Crippen LogP contribution in [0.15, 0.2) is 11.6 Å². The normalized spacial score (nSPS) is 30.9. The van der Waals surface area contributed by atoms with E-state index in [9.17, 15) is 0 Å². The highest BCUT2D eigenvalue weighted by Gasteiger charge is 2.20. The molecule has 7 heavy (non-hydrogen) atoms. The van der Waals surface area contributed by atoms with Gasteiger partial charge in [0, 0.05) is 3.82 Å². The molecular formula is C3H7N2S2+. The van der Waals surface area contributed by atoms with Crippen LogP contribution >= 0.6 is 12.8 Å². The van der Waals surface area contributed by atoms with Gasteiger partial charge in [-0.05, 0) is 12.8 Å². The fourth-order valence-corrected chi connectivity index (χ4v) is 1.16. The number of hydrogen-bond donors (Lipinski definition) is 2. The van der Waals surface area contributed by atoms with E-state index in [0.29, 0.717) is 0 Å². The Morgan fingerprint density at radius 2 is 2.57 bits per heavy atom. The molecule has 2 nitrogen and oxygen atoms in total. The molecule has 1 atom stereocenters. The second-order valence-electron chi connectivity index (χ2n) is 1.23. The molecule has 0 saturated carbocycles. The number of rotatable bonds is 0. The van der Waals surface area contributed by atoms with E-state index in [-0.39, 0.29) is 11.1 Å². The van der Waals surface area contributed by atoms with E-state index in [1.165, 1.54) is 0 Å². The van der Waals surface area contributed by atoms with Crippen molar-refractivity contribution in [3.63, 3.8) is 0 Å². The van der Waals surface area contributed by atoms with Crippen molar-refractivity contribution in [3.05, 3.63) is 11.6 Å². The number of hydrogen-bond acceptors (Lipinski definition) is 3. The van der Waals surface area contributed by atoms with Gasteiger partial charge in [0.2, 0.25) is 0 Å². The van der Waals surface area contributed by atoms with Crippen molar-refractivity contribution >= 4 is 23.9 Å². The zero-order valence-electron chi connectivity index (χ0n) is 3.96. The molecule has 1 rings (SSSR count). The van der Waals surface area contributed by atoms with Crippen LogP contribution in [0.4, 0.5) is 0 Å². The van der Waals surface area contributed by atoms with Crippen molar-refractivity contribution in [2.24, 2.45) is 0 Å². The van der Waals surface area contributed by atoms with Gasteiger partial charge >= 0.3 is 0 Å². The predicted molar refractivity (Wildman–Crippen MR) is 36.4 cm³/mol. The summed E-state index contributed by atoms with van der Waals surface area (Å²) in [5, 5.41) is 2.06. The van der Waals surface area contributed by atoms with Crippen LogP contribution < -0.4 is 5.43 Å². The van der Waals surface area contributed by atoms with Gasteiger partial charge in [-0.2, -0.15) is 0 Å². The van der Waals surface area contributed by atoms with Crippen molar-refractivity contribution in [3.8, 4) is 0 Å². The molecule has 1 N–H and O–H groups in total. The quantitative estimate of drug-likeness (QED) is 0.366. The molecule has 0 bridgehead atoms. The number of thiol groups is 1. The topological polar surface area (TPSA) is 15.3 Å². The third kappa shape index (κ3) is 1.05. The van der Waals surface area contributed by atoms with Gasteiger partial charge in [0.05, 0.1) is 6.20 Å². The summed E-state index contributed by atoms with van der Waals surface area (Å²) < 4.78 is 1.76. The van der Waals surface area contributed by atoms with Gasteiger partial charge in [-0.15, -0.1) is 0 Å². The van der Waals surface area contributed by atoms with Gasteiger partial charge in [0.25, 0.3) is 0 Å². The lowest BCUT2D eigenvalue weighted by atomic mass is 11.1. The summed E-state index contributed by atoms with van der Waals surface area (Å²) in [6, 6.07) is 0. The van der Waals surface area contributed by atoms with Crippen molar-refractivity contribution in [1.82, 2.24) is 9.25 Å². The standard InChI is InChI=1S/C3H7N2S2/c1-7-3-2-4-5(7)6/h2-4,6H,1H3/q+1. The first-order valence-corrected chi connectivity index (χ1v) is 3.93. The largest absolute Gasteiger partial charge is 0.271 e. The predicted octanol–water partition coefficient (Wildman–Crippen LogP) is 0.286. The maximum Gasteiger partial charge on any atom is 0.160 e. The molecule has 1 heterocycles. The van der Waals surface area contributed by atoms with E-state index < -0.39 is 0 Å². The zero-order valence-corrected chi connectivity index (χ0v) is 5.67. The molecule has 4 heteroatoms. The number of hydrazine groups is 1. The Balaban J connectivity index is 2.45. The first-order valence-electron chi connectivity index (χ1n) is 1.87. The fraction of sp³-hybridized carbons (Fsp3) is 0.333. The van der Waals surface area contributed by atoms with Crippen molar-refractivity contribution in [1.29, 1.82) is 0 Å². The van der Waals surface area contributed by atoms with Gasteiger partial charge in [-0.3, -0.25) is 5.43 Å². The van der Waals surface area contributed by atoms with Gasteiger partial charge in [-0.25, -0.2) is 0 Å². The van der Waals surface area contributed by atoms with Crippen LogP contribution in [0, 0.1) is 0 Å². The average Bonchev–Trinajstić information content (AvgIpc) is 1.91. The molecule has 0 aromatic heterocycles. The summed E-state index contributed by atoms with van der Waals surface area (Å²) in [7, 11) is 0. The lowest BCUT2D eigenvalue weighted by Gasteiger charge is -1.99. The molecule has 1 aliphatic heterocycles. The van der Waals surface area contributed by atoms with E-state index in [1.807, 2.05) is 6.20 Å². The fourth-order valence-electron chi connectivity index (χ4n) is 0.333. The van der Waals surface area contributed by atoms with Crippen LogP contribution in [-0.4, -0.2) is 10.1 Å². The Morgan fingerprint density at radius 3 is 2.71 bits per heavy atom. The van der Waals surface area contributed by atoms with Gasteiger partial charge in [0.1, 0.15) is 17.3 Å². The number of nitrogens with one attached hydrogen (secondary N) is 1. The van der Waals surface area contributed by atoms with Crippen LogP contribution in [0.2, 0.25) is 0 Å². The monoisotopic (exact) mass is 135 g/mol. The first kappa shape index (κ1) is 5.34. The summed E-state index contributed by atoms with van der Waals surface area (Å²) >= 11 is 4.25. The molecule has 1 unspecified atom stereocenters. The molecule has 0 radical (unpaired) electrons. The lowest BCUT2D eigenvalue weighted by molar-refractivity contribution is 0.667. The SMILES string of the molecule is C[S+]1C=CNN1S. The molecular weight excluding hydrogens is 128 g/mol. The molecule has 0 amide bonds. The Hall–Kier alpha value is 0.200. The van der Waals surface area contributed by atoms with Crippen LogP contribution in [0.3, 0.4) is 0 Å². The van der Waals surface area contributed by atoms with Crippen LogP contribution in [0.25, 0.3) is 0 Å². The summed E-state index contributed by atoms with van der Waals surface area (Å²) in [4.78, 5) is 0. The maximum absolute atomic E-state index is 4.06. The van der Waals surface area contributed by atoms with E-state index in [2.05, 4.69) is 29.9 Å². The zero-order chi connectivity index (χ0) is 5.28. The average molecular weight is 135 g/mol. The summed E-state index contributed by atoms with van der Waals surface area (Å²) in [6.45, 7) is 0. The van der Waals surface area contributed by atoms with E-state index in [0.717, 1.165) is 0 Å². The van der Waals surface area contributed by atoms with Gasteiger partial charge < -0.3 is 0 Å². The molecule has 0 aromatic carbocycles. The molecule has 0 spiro atoms. The summed E-state index contributed by atoms with van der Waals surface area (Å²) in [6.07, 6.45) is 3.97. The molecule has 0 fully saturated rings. The van der Waals surface area contributed by atoms with E-state index in [1.54, 1.807) is 3.82 Å².